The van der Waals surface area contributed by atoms with Crippen molar-refractivity contribution in [2.45, 2.75) is 64.5 Å². The molecule has 61 heavy (non-hydrogen) atoms. The van der Waals surface area contributed by atoms with E-state index in [2.05, 4.69) is 67.0 Å². The largest absolute Gasteiger partial charge is 0.336 e. The maximum atomic E-state index is 14.2. The molecule has 1 fully saturated rings. The highest BCUT2D eigenvalue weighted by atomic mass is 32.1. The molecule has 0 saturated carbocycles. The van der Waals surface area contributed by atoms with Gasteiger partial charge in [-0.05, 0) is 71.0 Å². The second-order valence-electron chi connectivity index (χ2n) is 14.8. The van der Waals surface area contributed by atoms with Crippen LogP contribution in [0.4, 0.5) is 0 Å². The number of amides is 3. The molecule has 0 spiro atoms. The van der Waals surface area contributed by atoms with E-state index in [9.17, 15) is 14.4 Å². The first-order valence-corrected chi connectivity index (χ1v) is 23.2. The van der Waals surface area contributed by atoms with E-state index in [-0.39, 0.29) is 23.8 Å². The van der Waals surface area contributed by atoms with Gasteiger partial charge in [0.25, 0.3) is 5.91 Å². The van der Waals surface area contributed by atoms with Crippen molar-refractivity contribution in [3.63, 3.8) is 0 Å². The van der Waals surface area contributed by atoms with Gasteiger partial charge in [-0.25, -0.2) is 15.0 Å². The fraction of sp³-hybridized carbons (Fsp3) is 0.240. The Kier molecular flexibility index (Phi) is 14.9. The van der Waals surface area contributed by atoms with Crippen molar-refractivity contribution in [2.75, 3.05) is 13.1 Å². The zero-order valence-corrected chi connectivity index (χ0v) is 36.9. The molecule has 310 valence electrons. The van der Waals surface area contributed by atoms with Gasteiger partial charge in [0.15, 0.2) is 0 Å². The van der Waals surface area contributed by atoms with Crippen LogP contribution in [0.15, 0.2) is 150 Å². The third-order valence-corrected chi connectivity index (χ3v) is 13.6. The first-order chi connectivity index (χ1) is 29.8. The van der Waals surface area contributed by atoms with Gasteiger partial charge in [0.1, 0.15) is 10.0 Å². The molecule has 2 atom stereocenters. The first-order valence-electron chi connectivity index (χ1n) is 20.7. The summed E-state index contributed by atoms with van der Waals surface area (Å²) in [6.45, 7) is 9.70. The highest BCUT2D eigenvalue weighted by Gasteiger charge is 2.36. The van der Waals surface area contributed by atoms with Gasteiger partial charge in [0.2, 0.25) is 11.8 Å². The van der Waals surface area contributed by atoms with Crippen LogP contribution in [0.3, 0.4) is 0 Å². The maximum Gasteiger partial charge on any atom is 0.286 e. The second kappa shape index (κ2) is 21.1. The molecule has 0 N–H and O–H groups in total. The number of hydrogen-bond acceptors (Lipinski definition) is 8. The predicted molar refractivity (Wildman–Crippen MR) is 252 cm³/mol. The highest BCUT2D eigenvalue weighted by molar-refractivity contribution is 7.15. The summed E-state index contributed by atoms with van der Waals surface area (Å²) >= 11 is 4.58. The quantitative estimate of drug-likeness (QED) is 0.0672. The molecule has 11 heteroatoms. The predicted octanol–water partition coefficient (Wildman–Crippen LogP) is 12.2. The van der Waals surface area contributed by atoms with E-state index in [1.54, 1.807) is 34.8 Å². The molecule has 6 aromatic rings. The minimum Gasteiger partial charge on any atom is -0.336 e. The number of nitrogens with zero attached hydrogens (tertiary/aromatic N) is 5. The Labute approximate surface area is 370 Å². The Hall–Kier alpha value is -5.88. The number of aromatic nitrogens is 2. The molecule has 7 rings (SSSR count). The van der Waals surface area contributed by atoms with E-state index in [1.807, 2.05) is 89.1 Å². The summed E-state index contributed by atoms with van der Waals surface area (Å²) in [5, 5.41) is 3.67. The number of unbranched alkanes of at least 4 members (excludes halogenated alkanes) is 1. The molecule has 4 heterocycles. The summed E-state index contributed by atoms with van der Waals surface area (Å²) in [7, 11) is 0. The maximum absolute atomic E-state index is 14.2. The summed E-state index contributed by atoms with van der Waals surface area (Å²) in [5.74, 6) is -1.01. The van der Waals surface area contributed by atoms with Gasteiger partial charge >= 0.3 is 0 Å². The third-order valence-electron chi connectivity index (χ3n) is 10.6. The molecule has 8 nitrogen and oxygen atoms in total. The van der Waals surface area contributed by atoms with Crippen LogP contribution in [0.5, 0.6) is 0 Å². The van der Waals surface area contributed by atoms with Crippen molar-refractivity contribution in [3.05, 3.63) is 166 Å². The molecule has 3 aromatic heterocycles. The number of benzene rings is 3. The van der Waals surface area contributed by atoms with Gasteiger partial charge < -0.3 is 9.80 Å². The van der Waals surface area contributed by atoms with Crippen LogP contribution in [-0.2, 0) is 16.1 Å². The van der Waals surface area contributed by atoms with Crippen molar-refractivity contribution in [1.82, 2.24) is 19.8 Å². The average Bonchev–Trinajstić information content (AvgIpc) is 4.14. The molecule has 3 aromatic carbocycles. The zero-order chi connectivity index (χ0) is 42.6. The van der Waals surface area contributed by atoms with Gasteiger partial charge in [-0.1, -0.05) is 129 Å². The number of likely N-dealkylation sites (tertiary alicyclic amines) is 1. The molecule has 1 saturated heterocycles. The highest BCUT2D eigenvalue weighted by Crippen LogP contribution is 2.39. The van der Waals surface area contributed by atoms with E-state index < -0.39 is 5.92 Å². The molecule has 1 unspecified atom stereocenters. The Morgan fingerprint density at radius 3 is 2.25 bits per heavy atom. The van der Waals surface area contributed by atoms with Gasteiger partial charge in [-0.2, -0.15) is 0 Å². The Morgan fingerprint density at radius 1 is 0.902 bits per heavy atom. The summed E-state index contributed by atoms with van der Waals surface area (Å²) < 4.78 is 0. The first kappa shape index (κ1) is 43.2. The number of carbonyl (C=O) groups excluding carboxylic acids is 3. The fourth-order valence-corrected chi connectivity index (χ4v) is 10.0. The van der Waals surface area contributed by atoms with Crippen LogP contribution in [0.25, 0.3) is 32.0 Å². The van der Waals surface area contributed by atoms with E-state index in [0.29, 0.717) is 30.9 Å². The molecule has 3 amide bonds. The Balaban J connectivity index is 1.00. The molecule has 1 aliphatic heterocycles. The number of allylic oxidation sites excluding steroid dienone is 4. The number of hydrogen-bond donors (Lipinski definition) is 0. The monoisotopic (exact) mass is 863 g/mol. The Morgan fingerprint density at radius 2 is 1.59 bits per heavy atom. The summed E-state index contributed by atoms with van der Waals surface area (Å²) in [6, 6.07) is 30.0. The number of rotatable bonds is 17. The Bertz CT molecular complexity index is 2500. The van der Waals surface area contributed by atoms with Crippen molar-refractivity contribution >= 4 is 57.9 Å². The molecule has 0 bridgehead atoms. The number of thiophene rings is 1. The van der Waals surface area contributed by atoms with Gasteiger partial charge in [-0.3, -0.25) is 14.4 Å². The zero-order valence-electron chi connectivity index (χ0n) is 34.5. The molecule has 0 radical (unpaired) electrons. The van der Waals surface area contributed by atoms with E-state index in [0.717, 1.165) is 78.8 Å². The van der Waals surface area contributed by atoms with Crippen LogP contribution < -0.4 is 0 Å². The van der Waals surface area contributed by atoms with E-state index in [1.165, 1.54) is 17.6 Å². The van der Waals surface area contributed by atoms with Crippen LogP contribution in [0.2, 0.25) is 0 Å². The van der Waals surface area contributed by atoms with Gasteiger partial charge in [0.05, 0.1) is 39.6 Å². The van der Waals surface area contributed by atoms with Crippen molar-refractivity contribution < 1.29 is 14.4 Å². The number of carbonyl (C=O) groups is 3. The normalized spacial score (nSPS) is 14.8. The lowest BCUT2D eigenvalue weighted by Crippen LogP contribution is -2.35. The molecule has 0 aliphatic carbocycles. The van der Waals surface area contributed by atoms with Gasteiger partial charge in [0, 0.05) is 31.7 Å². The minimum atomic E-state index is -0.679. The van der Waals surface area contributed by atoms with Crippen LogP contribution in [0.1, 0.15) is 83.2 Å². The smallest absolute Gasteiger partial charge is 0.286 e. The van der Waals surface area contributed by atoms with Crippen LogP contribution in [-0.4, -0.2) is 56.8 Å². The van der Waals surface area contributed by atoms with Gasteiger partial charge in [-0.15, -0.1) is 34.0 Å². The lowest BCUT2D eigenvalue weighted by Gasteiger charge is -2.26. The van der Waals surface area contributed by atoms with Crippen molar-refractivity contribution in [1.29, 1.82) is 0 Å². The van der Waals surface area contributed by atoms with E-state index in [4.69, 9.17) is 9.97 Å². The third kappa shape index (κ3) is 10.9. The number of thiazole rings is 2. The topological polar surface area (TPSA) is 95.8 Å². The van der Waals surface area contributed by atoms with Crippen molar-refractivity contribution in [3.8, 4) is 32.0 Å². The SMILES string of the molecule is C=C/C=C(\C=C/C)CC(=O)N(CCCC)Cc1ncc(-c2ccc(-c3ccc(-c4cnc([C@@H]5CCCN5C(=O)C(/C=N/C(=O)c5cccs5)c5ccccc5)s4)cc3)cc2)s1. The standard InChI is InChI=1S/C50H49N5O3S3/c1-4-7-27-54(47(56)30-35(13-5-2)14-6-3)34-46-51-32-44(60-46)39-23-19-36(20-24-39)37-21-25-40(26-22-37)45-33-53-49(61-45)42-17-11-28-55(42)50(58)41(38-15-9-8-10-16-38)31-52-48(57)43-18-12-29-59-43/h5-6,8-10,12-16,18-26,29,31-33,41-42H,2,4,7,11,17,27-28,30,34H2,1,3H3/b14-6-,35-13+,52-31+/t41?,42-/m0/s1. The summed E-state index contributed by atoms with van der Waals surface area (Å²) in [5.41, 5.74) is 6.12. The van der Waals surface area contributed by atoms with Crippen LogP contribution in [0, 0.1) is 0 Å². The number of aliphatic imine (C=N–C) groups is 1. The van der Waals surface area contributed by atoms with E-state index >= 15 is 0 Å². The molecule has 1 aliphatic rings. The van der Waals surface area contributed by atoms with Crippen LogP contribution >= 0.6 is 34.0 Å². The summed E-state index contributed by atoms with van der Waals surface area (Å²) in [6.07, 6.45) is 16.8. The fourth-order valence-electron chi connectivity index (χ4n) is 7.40. The molecular formula is C50H49N5O3S3. The summed E-state index contributed by atoms with van der Waals surface area (Å²) in [4.78, 5) is 60.6. The average molecular weight is 864 g/mol. The second-order valence-corrected chi connectivity index (χ2v) is 17.9. The molecular weight excluding hydrogens is 815 g/mol. The lowest BCUT2D eigenvalue weighted by molar-refractivity contribution is -0.132. The lowest BCUT2D eigenvalue weighted by atomic mass is 9.98. The minimum absolute atomic E-state index is 0.0768. The van der Waals surface area contributed by atoms with Crippen molar-refractivity contribution in [2.24, 2.45) is 4.99 Å².